The van der Waals surface area contributed by atoms with Gasteiger partial charge in [-0.3, -0.25) is 0 Å². The predicted molar refractivity (Wildman–Crippen MR) is 58.9 cm³/mol. The smallest absolute Gasteiger partial charge is 0.168 e. The molecule has 0 fully saturated rings. The van der Waals surface area contributed by atoms with Crippen LogP contribution >= 0.6 is 0 Å². The molecular weight excluding hydrogens is 176 g/mol. The van der Waals surface area contributed by atoms with Crippen molar-refractivity contribution in [1.29, 1.82) is 0 Å². The summed E-state index contributed by atoms with van der Waals surface area (Å²) in [6.45, 7) is 7.75. The maximum absolute atomic E-state index is 5.50. The second-order valence-corrected chi connectivity index (χ2v) is 2.99. The third-order valence-electron chi connectivity index (χ3n) is 1.86. The van der Waals surface area contributed by atoms with Crippen LogP contribution in [0.4, 0.5) is 5.82 Å². The van der Waals surface area contributed by atoms with E-state index in [1.54, 1.807) is 0 Å². The van der Waals surface area contributed by atoms with Crippen molar-refractivity contribution in [3.63, 3.8) is 0 Å². The minimum Gasteiger partial charge on any atom is -0.490 e. The number of ether oxygens (including phenoxy) is 1. The van der Waals surface area contributed by atoms with Crippen LogP contribution in [0.3, 0.4) is 0 Å². The molecule has 0 aromatic carbocycles. The molecule has 0 amide bonds. The second-order valence-electron chi connectivity index (χ2n) is 2.99. The van der Waals surface area contributed by atoms with E-state index in [0.29, 0.717) is 0 Å². The predicted octanol–water partition coefficient (Wildman–Crippen LogP) is 2.61. The van der Waals surface area contributed by atoms with Crippen LogP contribution in [-0.4, -0.2) is 18.1 Å². The minimum atomic E-state index is 0.783. The van der Waals surface area contributed by atoms with E-state index in [1.165, 1.54) is 0 Å². The number of anilines is 1. The zero-order chi connectivity index (χ0) is 10.4. The summed E-state index contributed by atoms with van der Waals surface area (Å²) in [6.07, 6.45) is 2.88. The van der Waals surface area contributed by atoms with Crippen molar-refractivity contribution in [3.8, 4) is 5.75 Å². The van der Waals surface area contributed by atoms with E-state index in [9.17, 15) is 0 Å². The molecule has 0 bridgehead atoms. The normalized spacial score (nSPS) is 13.6. The number of hydrogen-bond donors (Lipinski definition) is 1. The van der Waals surface area contributed by atoms with E-state index in [1.807, 2.05) is 33.0 Å². The van der Waals surface area contributed by atoms with Crippen LogP contribution < -0.4 is 10.1 Å². The molecule has 0 spiro atoms. The number of rotatable bonds is 0. The third kappa shape index (κ3) is 2.62. The van der Waals surface area contributed by atoms with Crippen LogP contribution in [0.2, 0.25) is 0 Å². The number of aromatic nitrogens is 1. The lowest BCUT2D eigenvalue weighted by Crippen LogP contribution is -2.01. The van der Waals surface area contributed by atoms with Crippen LogP contribution in [0, 0.1) is 6.92 Å². The van der Waals surface area contributed by atoms with Gasteiger partial charge in [-0.2, -0.15) is 0 Å². The van der Waals surface area contributed by atoms with Crippen molar-refractivity contribution < 1.29 is 4.74 Å². The molecule has 1 aromatic heterocycles. The minimum absolute atomic E-state index is 0.783. The Morgan fingerprint density at radius 1 is 1.43 bits per heavy atom. The molecule has 0 unspecified atom stereocenters. The van der Waals surface area contributed by atoms with E-state index >= 15 is 0 Å². The van der Waals surface area contributed by atoms with Gasteiger partial charge in [-0.1, -0.05) is 13.8 Å². The van der Waals surface area contributed by atoms with Crippen LogP contribution in [0.5, 0.6) is 5.75 Å². The highest BCUT2D eigenvalue weighted by molar-refractivity contribution is 5.51. The Labute approximate surface area is 85.5 Å². The summed E-state index contributed by atoms with van der Waals surface area (Å²) in [5, 5.41) is 3.22. The Hall–Kier alpha value is -1.25. The fourth-order valence-electron chi connectivity index (χ4n) is 1.25. The number of pyridine rings is 1. The maximum atomic E-state index is 5.50. The Balaban J connectivity index is 0.000000461. The van der Waals surface area contributed by atoms with E-state index in [-0.39, 0.29) is 0 Å². The van der Waals surface area contributed by atoms with Crippen molar-refractivity contribution in [3.05, 3.63) is 17.8 Å². The number of fused-ring (bicyclic) bond motifs is 1. The molecule has 1 aromatic rings. The van der Waals surface area contributed by atoms with Crippen LogP contribution in [0.25, 0.3) is 0 Å². The molecule has 0 saturated heterocycles. The third-order valence-corrected chi connectivity index (χ3v) is 1.86. The first-order chi connectivity index (χ1) is 6.86. The molecule has 78 valence electrons. The number of aryl methyl sites for hydroxylation is 1. The molecule has 3 heteroatoms. The number of hydrogen-bond acceptors (Lipinski definition) is 3. The van der Waals surface area contributed by atoms with Gasteiger partial charge in [0.1, 0.15) is 0 Å². The van der Waals surface area contributed by atoms with Crippen LogP contribution in [0.15, 0.2) is 12.3 Å². The van der Waals surface area contributed by atoms with E-state index in [2.05, 4.69) is 10.3 Å². The topological polar surface area (TPSA) is 34.1 Å². The van der Waals surface area contributed by atoms with E-state index in [0.717, 1.165) is 36.7 Å². The standard InChI is InChI=1S/C9H12N2O.C2H6/c1-7-5-8-9(11-6-7)10-3-2-4-12-8;1-2/h5-6H,2-4H2,1H3,(H,10,11);1-2H3. The summed E-state index contributed by atoms with van der Waals surface area (Å²) in [5.74, 6) is 1.76. The van der Waals surface area contributed by atoms with Crippen molar-refractivity contribution in [2.45, 2.75) is 27.2 Å². The summed E-state index contributed by atoms with van der Waals surface area (Å²) in [5.41, 5.74) is 1.14. The summed E-state index contributed by atoms with van der Waals surface area (Å²) in [6, 6.07) is 2.01. The average Bonchev–Trinajstić information content (AvgIpc) is 2.45. The van der Waals surface area contributed by atoms with Crippen molar-refractivity contribution >= 4 is 5.82 Å². The molecule has 0 radical (unpaired) electrons. The molecule has 2 heterocycles. The van der Waals surface area contributed by atoms with Crippen molar-refractivity contribution in [2.24, 2.45) is 0 Å². The van der Waals surface area contributed by atoms with Crippen LogP contribution in [-0.2, 0) is 0 Å². The van der Waals surface area contributed by atoms with Gasteiger partial charge in [-0.15, -0.1) is 0 Å². The quantitative estimate of drug-likeness (QED) is 0.689. The van der Waals surface area contributed by atoms with Gasteiger partial charge < -0.3 is 10.1 Å². The summed E-state index contributed by atoms with van der Waals surface area (Å²) in [4.78, 5) is 4.24. The summed E-state index contributed by atoms with van der Waals surface area (Å²) < 4.78 is 5.50. The molecule has 0 saturated carbocycles. The van der Waals surface area contributed by atoms with Gasteiger partial charge in [0.05, 0.1) is 6.61 Å². The second kappa shape index (κ2) is 5.47. The van der Waals surface area contributed by atoms with Gasteiger partial charge in [0.2, 0.25) is 0 Å². The van der Waals surface area contributed by atoms with E-state index < -0.39 is 0 Å². The van der Waals surface area contributed by atoms with Gasteiger partial charge in [0.15, 0.2) is 11.6 Å². The molecular formula is C11H18N2O. The lowest BCUT2D eigenvalue weighted by atomic mass is 10.3. The Morgan fingerprint density at radius 3 is 3.00 bits per heavy atom. The van der Waals surface area contributed by atoms with Gasteiger partial charge >= 0.3 is 0 Å². The first-order valence-corrected chi connectivity index (χ1v) is 5.19. The number of nitrogens with zero attached hydrogens (tertiary/aromatic N) is 1. The highest BCUT2D eigenvalue weighted by Gasteiger charge is 2.08. The molecule has 14 heavy (non-hydrogen) atoms. The zero-order valence-corrected chi connectivity index (χ0v) is 9.13. The fraction of sp³-hybridized carbons (Fsp3) is 0.545. The summed E-state index contributed by atoms with van der Waals surface area (Å²) in [7, 11) is 0. The van der Waals surface area contributed by atoms with Crippen molar-refractivity contribution in [2.75, 3.05) is 18.5 Å². The van der Waals surface area contributed by atoms with Gasteiger partial charge in [-0.25, -0.2) is 4.98 Å². The average molecular weight is 194 g/mol. The van der Waals surface area contributed by atoms with E-state index in [4.69, 9.17) is 4.74 Å². The summed E-state index contributed by atoms with van der Waals surface area (Å²) >= 11 is 0. The SMILES string of the molecule is CC.Cc1cnc2c(c1)OCCCN2. The first kappa shape index (κ1) is 10.8. The lowest BCUT2D eigenvalue weighted by Gasteiger charge is -2.06. The first-order valence-electron chi connectivity index (χ1n) is 5.19. The van der Waals surface area contributed by atoms with Gasteiger partial charge in [-0.05, 0) is 25.0 Å². The monoisotopic (exact) mass is 194 g/mol. The Kier molecular flexibility index (Phi) is 4.23. The van der Waals surface area contributed by atoms with Gasteiger partial charge in [0, 0.05) is 12.7 Å². The molecule has 2 rings (SSSR count). The molecule has 1 aliphatic heterocycles. The number of nitrogens with one attached hydrogen (secondary N) is 1. The maximum Gasteiger partial charge on any atom is 0.168 e. The molecule has 1 aliphatic rings. The van der Waals surface area contributed by atoms with Crippen molar-refractivity contribution in [1.82, 2.24) is 4.98 Å². The highest BCUT2D eigenvalue weighted by atomic mass is 16.5. The molecule has 3 nitrogen and oxygen atoms in total. The Morgan fingerprint density at radius 2 is 2.21 bits per heavy atom. The van der Waals surface area contributed by atoms with Crippen LogP contribution in [0.1, 0.15) is 25.8 Å². The molecule has 1 N–H and O–H groups in total. The molecule has 0 aliphatic carbocycles. The zero-order valence-electron chi connectivity index (χ0n) is 9.13. The highest BCUT2D eigenvalue weighted by Crippen LogP contribution is 2.24. The Bertz CT molecular complexity index is 287. The fourth-order valence-corrected chi connectivity index (χ4v) is 1.25. The van der Waals surface area contributed by atoms with Gasteiger partial charge in [0.25, 0.3) is 0 Å². The largest absolute Gasteiger partial charge is 0.490 e. The lowest BCUT2D eigenvalue weighted by molar-refractivity contribution is 0.322. The molecule has 0 atom stereocenters.